The monoisotopic (exact) mass is 616 g/mol. The lowest BCUT2D eigenvalue weighted by molar-refractivity contribution is -0.225. The molecule has 0 radical (unpaired) electrons. The molecule has 13 atom stereocenters. The smallest absolute Gasteiger partial charge is 0.335 e. The fourth-order valence-electron chi connectivity index (χ4n) is 13.2. The van der Waals surface area contributed by atoms with Crippen LogP contribution in [0.3, 0.4) is 0 Å². The van der Waals surface area contributed by atoms with Crippen LogP contribution in [-0.4, -0.2) is 64.9 Å². The Hall–Kier alpha value is -3.04. The van der Waals surface area contributed by atoms with E-state index in [0.29, 0.717) is 17.6 Å². The second-order valence-corrected chi connectivity index (χ2v) is 16.1. The number of hydrogen-bond donors (Lipinski definition) is 2. The van der Waals surface area contributed by atoms with Gasteiger partial charge in [0.25, 0.3) is 0 Å². The molecule has 8 aliphatic carbocycles. The Balaban J connectivity index is 1.34. The average molecular weight is 617 g/mol. The number of hydrogen-bond acceptors (Lipinski definition) is 9. The van der Waals surface area contributed by atoms with Gasteiger partial charge >= 0.3 is 17.9 Å². The van der Waals surface area contributed by atoms with Crippen LogP contribution < -0.4 is 0 Å². The largest absolute Gasteiger partial charge is 0.468 e. The Kier molecular flexibility index (Phi) is 4.74. The molecule has 0 aromatic carbocycles. The summed E-state index contributed by atoms with van der Waals surface area (Å²) in [5.74, 6) is -2.95. The summed E-state index contributed by atoms with van der Waals surface area (Å²) in [6, 6.07) is 0. The van der Waals surface area contributed by atoms with Crippen molar-refractivity contribution in [2.75, 3.05) is 13.7 Å². The first kappa shape index (κ1) is 28.2. The molecule has 0 aromatic rings. The highest BCUT2D eigenvalue weighted by atomic mass is 16.6. The average Bonchev–Trinajstić information content (AvgIpc) is 3.92. The molecule has 5 fully saturated rings. The van der Waals surface area contributed by atoms with Gasteiger partial charge in [-0.2, -0.15) is 0 Å². The third kappa shape index (κ3) is 2.40. The van der Waals surface area contributed by atoms with Crippen LogP contribution in [0.2, 0.25) is 0 Å². The standard InChI is InChI=1S/C36H40O9/c1-8-14(2)28(39)44-13-34(42)20-11-19(20)31(4)21-10-17-16-9-18(16)32(5)23(17)24-25(26(37)27(32)38)33(6,30(41)43-7)35(12-22(31)34)15(3)29(40)45-36(21,24)35/h8,16,18-22,27,38,42H,3,9-13H2,1-2,4-7H3/b14-8+/t16-,18-,19-,20+,21+,22?,27+,31-,32+,33+,34+,35-,36+/m1/s1. The Morgan fingerprint density at radius 1 is 1.07 bits per heavy atom. The zero-order valence-corrected chi connectivity index (χ0v) is 26.6. The number of carbonyl (C=O) groups is 4. The lowest BCUT2D eigenvalue weighted by Crippen LogP contribution is -2.69. The van der Waals surface area contributed by atoms with Crippen molar-refractivity contribution in [3.8, 4) is 0 Å². The van der Waals surface area contributed by atoms with Crippen molar-refractivity contribution in [2.45, 2.75) is 77.6 Å². The maximum Gasteiger partial charge on any atom is 0.335 e. The van der Waals surface area contributed by atoms with Crippen LogP contribution in [0.1, 0.15) is 60.3 Å². The van der Waals surface area contributed by atoms with Gasteiger partial charge in [-0.05, 0) is 87.0 Å². The van der Waals surface area contributed by atoms with Crippen LogP contribution in [0.4, 0.5) is 0 Å². The Morgan fingerprint density at radius 2 is 1.78 bits per heavy atom. The van der Waals surface area contributed by atoms with E-state index in [1.165, 1.54) is 12.7 Å². The summed E-state index contributed by atoms with van der Waals surface area (Å²) < 4.78 is 17.9. The predicted octanol–water partition coefficient (Wildman–Crippen LogP) is 3.15. The van der Waals surface area contributed by atoms with Gasteiger partial charge in [-0.1, -0.05) is 32.1 Å². The Morgan fingerprint density at radius 3 is 2.44 bits per heavy atom. The summed E-state index contributed by atoms with van der Waals surface area (Å²) in [6.45, 7) is 13.3. The molecule has 1 aliphatic heterocycles. The third-order valence-corrected chi connectivity index (χ3v) is 15.3. The van der Waals surface area contributed by atoms with Crippen molar-refractivity contribution in [1.82, 2.24) is 0 Å². The minimum Gasteiger partial charge on any atom is -0.468 e. The van der Waals surface area contributed by atoms with Gasteiger partial charge in [0.2, 0.25) is 0 Å². The number of carbonyl (C=O) groups excluding carboxylic acids is 4. The number of aliphatic hydroxyl groups is 2. The highest BCUT2D eigenvalue weighted by molar-refractivity contribution is 6.13. The number of methoxy groups -OCH3 is 1. The van der Waals surface area contributed by atoms with E-state index in [-0.39, 0.29) is 53.8 Å². The molecule has 4 saturated carbocycles. The van der Waals surface area contributed by atoms with Gasteiger partial charge < -0.3 is 24.4 Å². The second-order valence-electron chi connectivity index (χ2n) is 16.1. The summed E-state index contributed by atoms with van der Waals surface area (Å²) in [5, 5.41) is 24.5. The van der Waals surface area contributed by atoms with E-state index in [1.54, 1.807) is 26.8 Å². The molecule has 1 spiro atoms. The summed E-state index contributed by atoms with van der Waals surface area (Å²) in [6.07, 6.45) is 2.64. The summed E-state index contributed by atoms with van der Waals surface area (Å²) in [4.78, 5) is 55.7. The molecule has 0 aromatic heterocycles. The molecule has 9 rings (SSSR count). The maximum atomic E-state index is 14.6. The summed E-state index contributed by atoms with van der Waals surface area (Å²) in [7, 11) is 1.27. The predicted molar refractivity (Wildman–Crippen MR) is 157 cm³/mol. The molecular formula is C36H40O9. The molecule has 0 bridgehead atoms. The van der Waals surface area contributed by atoms with Crippen LogP contribution in [0.25, 0.3) is 0 Å². The lowest BCUT2D eigenvalue weighted by Gasteiger charge is -2.64. The Bertz CT molecular complexity index is 1730. The SMILES string of the molecule is C=C1C(=O)O[C@]23C4=C5C(=O)[C@H](O)[C@]6(C)C4=C(C[C@H]2[C@]2(C)C(C[C@]13[C@]5(C)C(=O)OC)[C@](O)(COC(=O)/C(C)=C/C)[C@H]1C[C@H]12)[C@H]1C[C@H]16. The van der Waals surface area contributed by atoms with Gasteiger partial charge in [-0.25, -0.2) is 9.59 Å². The van der Waals surface area contributed by atoms with E-state index in [4.69, 9.17) is 14.2 Å². The molecule has 9 heteroatoms. The first-order chi connectivity index (χ1) is 21.1. The van der Waals surface area contributed by atoms with E-state index in [2.05, 4.69) is 13.5 Å². The number of esters is 3. The minimum atomic E-state index is -1.72. The van der Waals surface area contributed by atoms with Crippen LogP contribution >= 0.6 is 0 Å². The van der Waals surface area contributed by atoms with E-state index in [0.717, 1.165) is 18.4 Å². The normalized spacial score (nSPS) is 53.8. The highest BCUT2D eigenvalue weighted by Gasteiger charge is 2.93. The maximum absolute atomic E-state index is 14.6. The lowest BCUT2D eigenvalue weighted by atomic mass is 9.38. The van der Waals surface area contributed by atoms with Gasteiger partial charge in [-0.3, -0.25) is 9.59 Å². The molecule has 9 aliphatic rings. The third-order valence-electron chi connectivity index (χ3n) is 15.3. The Labute approximate surface area is 261 Å². The van der Waals surface area contributed by atoms with Crippen molar-refractivity contribution in [3.63, 3.8) is 0 Å². The van der Waals surface area contributed by atoms with Gasteiger partial charge in [0.05, 0.1) is 12.5 Å². The van der Waals surface area contributed by atoms with Gasteiger partial charge in [0, 0.05) is 33.6 Å². The number of ether oxygens (including phenoxy) is 3. The molecule has 238 valence electrons. The van der Waals surface area contributed by atoms with Gasteiger partial charge in [-0.15, -0.1) is 0 Å². The van der Waals surface area contributed by atoms with E-state index in [9.17, 15) is 29.4 Å². The number of Topliss-reactive ketones (excluding diaryl/α,β-unsaturated/α-hetero) is 1. The molecule has 9 nitrogen and oxygen atoms in total. The molecule has 1 heterocycles. The van der Waals surface area contributed by atoms with Crippen molar-refractivity contribution < 1.29 is 43.6 Å². The number of ketones is 1. The molecule has 0 amide bonds. The number of allylic oxidation sites excluding steroid dienone is 2. The van der Waals surface area contributed by atoms with E-state index in [1.807, 2.05) is 6.92 Å². The van der Waals surface area contributed by atoms with Crippen LogP contribution in [-0.2, 0) is 33.4 Å². The fraction of sp³-hybridized carbons (Fsp3) is 0.667. The summed E-state index contributed by atoms with van der Waals surface area (Å²) >= 11 is 0. The van der Waals surface area contributed by atoms with Gasteiger partial charge in [0.15, 0.2) is 11.4 Å². The molecular weight excluding hydrogens is 576 g/mol. The number of rotatable bonds is 4. The number of aliphatic hydroxyl groups excluding tert-OH is 1. The topological polar surface area (TPSA) is 136 Å². The quantitative estimate of drug-likeness (QED) is 0.277. The highest BCUT2D eigenvalue weighted by Crippen LogP contribution is 2.89. The zero-order valence-electron chi connectivity index (χ0n) is 26.6. The number of fused-ring (bicyclic) bond motifs is 7. The first-order valence-corrected chi connectivity index (χ1v) is 16.3. The molecule has 1 unspecified atom stereocenters. The van der Waals surface area contributed by atoms with E-state index < -0.39 is 68.6 Å². The summed E-state index contributed by atoms with van der Waals surface area (Å²) in [5.41, 5.74) is -3.98. The molecule has 2 N–H and O–H groups in total. The second kappa shape index (κ2) is 7.57. The van der Waals surface area contributed by atoms with Crippen molar-refractivity contribution >= 4 is 23.7 Å². The van der Waals surface area contributed by atoms with Crippen molar-refractivity contribution in [3.05, 3.63) is 46.1 Å². The van der Waals surface area contributed by atoms with Crippen molar-refractivity contribution in [2.24, 2.45) is 57.2 Å². The van der Waals surface area contributed by atoms with Crippen LogP contribution in [0, 0.1) is 57.2 Å². The fourth-order valence-corrected chi connectivity index (χ4v) is 13.2. The van der Waals surface area contributed by atoms with E-state index >= 15 is 0 Å². The molecule has 1 saturated heterocycles. The zero-order chi connectivity index (χ0) is 32.2. The van der Waals surface area contributed by atoms with Crippen LogP contribution in [0.5, 0.6) is 0 Å². The first-order valence-electron chi connectivity index (χ1n) is 16.3. The van der Waals surface area contributed by atoms with Crippen molar-refractivity contribution in [1.29, 1.82) is 0 Å². The van der Waals surface area contributed by atoms with Gasteiger partial charge in [0.1, 0.15) is 23.7 Å². The van der Waals surface area contributed by atoms with Crippen LogP contribution in [0.15, 0.2) is 46.1 Å². The molecule has 45 heavy (non-hydrogen) atoms. The minimum absolute atomic E-state index is 0.0720.